The minimum atomic E-state index is -2.96. The number of guanidine groups is 1. The third kappa shape index (κ3) is 7.40. The zero-order valence-electron chi connectivity index (χ0n) is 15.1. The maximum Gasteiger partial charge on any atom is 0.191 e. The Morgan fingerprint density at radius 3 is 2.80 bits per heavy atom. The van der Waals surface area contributed by atoms with Crippen molar-refractivity contribution in [3.8, 4) is 0 Å². The number of thiophene rings is 1. The first-order chi connectivity index (χ1) is 11.4. The van der Waals surface area contributed by atoms with Crippen LogP contribution in [0.15, 0.2) is 22.5 Å². The van der Waals surface area contributed by atoms with Crippen LogP contribution in [0.2, 0.25) is 0 Å². The molecule has 0 amide bonds. The molecule has 2 atom stereocenters. The van der Waals surface area contributed by atoms with Crippen molar-refractivity contribution >= 4 is 51.1 Å². The van der Waals surface area contributed by atoms with Crippen molar-refractivity contribution in [3.63, 3.8) is 0 Å². The molecule has 1 aliphatic rings. The van der Waals surface area contributed by atoms with Gasteiger partial charge in [0.05, 0.1) is 5.75 Å². The fourth-order valence-electron chi connectivity index (χ4n) is 3.19. The molecule has 0 aromatic carbocycles. The van der Waals surface area contributed by atoms with E-state index in [-0.39, 0.29) is 29.7 Å². The lowest BCUT2D eigenvalue weighted by Gasteiger charge is -2.39. The number of nitrogens with zero attached hydrogens (tertiary/aromatic N) is 2. The van der Waals surface area contributed by atoms with Crippen LogP contribution in [0.5, 0.6) is 0 Å². The van der Waals surface area contributed by atoms with E-state index in [1.54, 1.807) is 7.05 Å². The summed E-state index contributed by atoms with van der Waals surface area (Å²) >= 11 is 1.81. The Labute approximate surface area is 172 Å². The summed E-state index contributed by atoms with van der Waals surface area (Å²) in [5.41, 5.74) is 0. The van der Waals surface area contributed by atoms with Crippen LogP contribution < -0.4 is 10.6 Å². The Bertz CT molecular complexity index is 635. The molecule has 2 N–H and O–H groups in total. The SMILES string of the molecule is CN=C(NCCS(C)(=O)=O)NCC1CCCN(C)C1c1cccs1.I. The number of hydrogen-bond donors (Lipinski definition) is 2. The van der Waals surface area contributed by atoms with Gasteiger partial charge in [-0.2, -0.15) is 0 Å². The number of rotatable bonds is 6. The summed E-state index contributed by atoms with van der Waals surface area (Å²) in [5, 5.41) is 8.57. The molecule has 1 aromatic rings. The van der Waals surface area contributed by atoms with E-state index in [2.05, 4.69) is 45.1 Å². The molecular weight excluding hydrogens is 471 g/mol. The highest BCUT2D eigenvalue weighted by Gasteiger charge is 2.31. The molecule has 1 saturated heterocycles. The van der Waals surface area contributed by atoms with Gasteiger partial charge in [0.25, 0.3) is 0 Å². The second-order valence-corrected chi connectivity index (χ2v) is 9.59. The average Bonchev–Trinajstić information content (AvgIpc) is 3.03. The number of halogens is 1. The molecule has 144 valence electrons. The summed E-state index contributed by atoms with van der Waals surface area (Å²) in [6.07, 6.45) is 3.62. The van der Waals surface area contributed by atoms with Crippen LogP contribution in [0.4, 0.5) is 0 Å². The highest BCUT2D eigenvalue weighted by atomic mass is 127. The van der Waals surface area contributed by atoms with E-state index in [0.717, 1.165) is 13.1 Å². The van der Waals surface area contributed by atoms with E-state index in [0.29, 0.717) is 24.5 Å². The van der Waals surface area contributed by atoms with E-state index in [1.165, 1.54) is 24.0 Å². The largest absolute Gasteiger partial charge is 0.356 e. The van der Waals surface area contributed by atoms with Gasteiger partial charge in [0.2, 0.25) is 0 Å². The first-order valence-electron chi connectivity index (χ1n) is 8.26. The van der Waals surface area contributed by atoms with Crippen molar-refractivity contribution in [2.24, 2.45) is 10.9 Å². The molecule has 0 aliphatic carbocycles. The summed E-state index contributed by atoms with van der Waals surface area (Å²) < 4.78 is 22.4. The van der Waals surface area contributed by atoms with E-state index in [9.17, 15) is 8.42 Å². The molecule has 2 heterocycles. The number of likely N-dealkylation sites (tertiary alicyclic amines) is 1. The van der Waals surface area contributed by atoms with E-state index >= 15 is 0 Å². The number of sulfone groups is 1. The normalized spacial score (nSPS) is 22.3. The van der Waals surface area contributed by atoms with Crippen molar-refractivity contribution in [2.45, 2.75) is 18.9 Å². The number of nitrogens with one attached hydrogen (secondary N) is 2. The number of aliphatic imine (C=N–C) groups is 1. The van der Waals surface area contributed by atoms with Gasteiger partial charge in [0, 0.05) is 37.3 Å². The van der Waals surface area contributed by atoms with Crippen molar-refractivity contribution in [3.05, 3.63) is 22.4 Å². The first kappa shape index (κ1) is 22.7. The highest BCUT2D eigenvalue weighted by molar-refractivity contribution is 14.0. The zero-order chi connectivity index (χ0) is 17.6. The maximum atomic E-state index is 11.2. The molecule has 0 spiro atoms. The first-order valence-corrected chi connectivity index (χ1v) is 11.2. The van der Waals surface area contributed by atoms with Crippen LogP contribution in [0, 0.1) is 5.92 Å². The van der Waals surface area contributed by atoms with Gasteiger partial charge in [-0.15, -0.1) is 35.3 Å². The second-order valence-electron chi connectivity index (χ2n) is 6.35. The molecule has 6 nitrogen and oxygen atoms in total. The Balaban J connectivity index is 0.00000312. The standard InChI is InChI=1S/C16H28N4O2S2.HI/c1-17-16(18-8-11-24(3,21)22)19-12-13-6-4-9-20(2)15(13)14-7-5-10-23-14;/h5,7,10,13,15H,4,6,8-9,11-12H2,1-3H3,(H2,17,18,19);1H. The highest BCUT2D eigenvalue weighted by Crippen LogP contribution is 2.36. The summed E-state index contributed by atoms with van der Waals surface area (Å²) in [4.78, 5) is 8.03. The fraction of sp³-hybridized carbons (Fsp3) is 0.688. The summed E-state index contributed by atoms with van der Waals surface area (Å²) in [5.74, 6) is 1.28. The second kappa shape index (κ2) is 10.7. The lowest BCUT2D eigenvalue weighted by atomic mass is 9.88. The van der Waals surface area contributed by atoms with Crippen molar-refractivity contribution in [2.75, 3.05) is 45.7 Å². The van der Waals surface area contributed by atoms with E-state index < -0.39 is 9.84 Å². The van der Waals surface area contributed by atoms with Crippen LogP contribution >= 0.6 is 35.3 Å². The molecule has 25 heavy (non-hydrogen) atoms. The Morgan fingerprint density at radius 2 is 2.20 bits per heavy atom. The molecule has 0 bridgehead atoms. The third-order valence-electron chi connectivity index (χ3n) is 4.36. The van der Waals surface area contributed by atoms with Gasteiger partial charge in [0.1, 0.15) is 9.84 Å². The van der Waals surface area contributed by atoms with E-state index in [1.807, 2.05) is 11.3 Å². The minimum absolute atomic E-state index is 0. The predicted molar refractivity (Wildman–Crippen MR) is 117 cm³/mol. The zero-order valence-corrected chi connectivity index (χ0v) is 19.0. The number of piperidine rings is 1. The Hall–Kier alpha value is -0.390. The molecule has 2 rings (SSSR count). The quantitative estimate of drug-likeness (QED) is 0.355. The average molecular weight is 500 g/mol. The monoisotopic (exact) mass is 500 g/mol. The molecule has 1 aliphatic heterocycles. The van der Waals surface area contributed by atoms with Gasteiger partial charge in [-0.1, -0.05) is 6.07 Å². The summed E-state index contributed by atoms with van der Waals surface area (Å²) in [6.45, 7) is 2.32. The molecule has 0 radical (unpaired) electrons. The minimum Gasteiger partial charge on any atom is -0.356 e. The van der Waals surface area contributed by atoms with Gasteiger partial charge in [-0.3, -0.25) is 9.89 Å². The Morgan fingerprint density at radius 1 is 1.44 bits per heavy atom. The van der Waals surface area contributed by atoms with Crippen molar-refractivity contribution in [1.29, 1.82) is 0 Å². The summed E-state index contributed by atoms with van der Waals surface area (Å²) in [6, 6.07) is 4.75. The molecule has 1 fully saturated rings. The van der Waals surface area contributed by atoms with Crippen LogP contribution in [0.1, 0.15) is 23.8 Å². The fourth-order valence-corrected chi connectivity index (χ4v) is 4.64. The Kier molecular flexibility index (Phi) is 9.68. The van der Waals surface area contributed by atoms with Gasteiger partial charge >= 0.3 is 0 Å². The van der Waals surface area contributed by atoms with Crippen LogP contribution in [0.25, 0.3) is 0 Å². The van der Waals surface area contributed by atoms with E-state index in [4.69, 9.17) is 0 Å². The molecule has 2 unspecified atom stereocenters. The lowest BCUT2D eigenvalue weighted by Crippen LogP contribution is -2.45. The smallest absolute Gasteiger partial charge is 0.191 e. The third-order valence-corrected chi connectivity index (χ3v) is 6.25. The molecular formula is C16H29IN4O2S2. The molecule has 0 saturated carbocycles. The van der Waals surface area contributed by atoms with Gasteiger partial charge in [-0.25, -0.2) is 8.42 Å². The van der Waals surface area contributed by atoms with Gasteiger partial charge < -0.3 is 10.6 Å². The van der Waals surface area contributed by atoms with Crippen LogP contribution in [0.3, 0.4) is 0 Å². The topological polar surface area (TPSA) is 73.8 Å². The maximum absolute atomic E-state index is 11.2. The van der Waals surface area contributed by atoms with Crippen molar-refractivity contribution < 1.29 is 8.42 Å². The van der Waals surface area contributed by atoms with Crippen molar-refractivity contribution in [1.82, 2.24) is 15.5 Å². The number of hydrogen-bond acceptors (Lipinski definition) is 5. The van der Waals surface area contributed by atoms with Gasteiger partial charge in [0.15, 0.2) is 5.96 Å². The molecule has 1 aromatic heterocycles. The van der Waals surface area contributed by atoms with Crippen LogP contribution in [-0.4, -0.2) is 65.0 Å². The summed E-state index contributed by atoms with van der Waals surface area (Å²) in [7, 11) is 0.938. The van der Waals surface area contributed by atoms with Crippen LogP contribution in [-0.2, 0) is 9.84 Å². The van der Waals surface area contributed by atoms with Gasteiger partial charge in [-0.05, 0) is 43.8 Å². The predicted octanol–water partition coefficient (Wildman–Crippen LogP) is 1.96. The molecule has 9 heteroatoms. The lowest BCUT2D eigenvalue weighted by molar-refractivity contribution is 0.125.